The molecule has 0 aliphatic heterocycles. The molecular formula is C12H18BrN3OS. The maximum absolute atomic E-state index is 12.1. The number of halogens is 1. The van der Waals surface area contributed by atoms with Crippen LogP contribution in [0.4, 0.5) is 5.82 Å². The van der Waals surface area contributed by atoms with Gasteiger partial charge in [0.05, 0.1) is 5.56 Å². The first-order valence-corrected chi connectivity index (χ1v) is 7.87. The van der Waals surface area contributed by atoms with Gasteiger partial charge in [-0.1, -0.05) is 6.92 Å². The van der Waals surface area contributed by atoms with Crippen molar-refractivity contribution in [2.75, 3.05) is 30.9 Å². The Morgan fingerprint density at radius 2 is 2.33 bits per heavy atom. The van der Waals surface area contributed by atoms with E-state index in [1.807, 2.05) is 0 Å². The molecule has 18 heavy (non-hydrogen) atoms. The maximum atomic E-state index is 12.1. The lowest BCUT2D eigenvalue weighted by molar-refractivity contribution is 0.0949. The van der Waals surface area contributed by atoms with Crippen molar-refractivity contribution in [2.24, 2.45) is 5.92 Å². The molecule has 1 aromatic rings. The van der Waals surface area contributed by atoms with Gasteiger partial charge < -0.3 is 10.6 Å². The maximum Gasteiger partial charge on any atom is 0.255 e. The molecule has 1 heterocycles. The highest BCUT2D eigenvalue weighted by molar-refractivity contribution is 9.10. The zero-order valence-corrected chi connectivity index (χ0v) is 13.2. The van der Waals surface area contributed by atoms with E-state index in [1.54, 1.807) is 31.1 Å². The molecule has 0 fully saturated rings. The molecule has 1 unspecified atom stereocenters. The topological polar surface area (TPSA) is 54.0 Å². The van der Waals surface area contributed by atoms with E-state index < -0.39 is 0 Å². The van der Waals surface area contributed by atoms with Gasteiger partial charge in [0.25, 0.3) is 5.91 Å². The lowest BCUT2D eigenvalue weighted by atomic mass is 10.2. The molecule has 0 aromatic carbocycles. The monoisotopic (exact) mass is 331 g/mol. The Hall–Kier alpha value is -0.750. The Bertz CT molecular complexity index is 414. The Morgan fingerprint density at radius 3 is 2.94 bits per heavy atom. The predicted octanol–water partition coefficient (Wildman–Crippen LogP) is 2.61. The van der Waals surface area contributed by atoms with Crippen LogP contribution >= 0.6 is 27.7 Å². The highest BCUT2D eigenvalue weighted by atomic mass is 79.9. The minimum absolute atomic E-state index is 0.0962. The third-order valence-corrected chi connectivity index (χ3v) is 3.73. The van der Waals surface area contributed by atoms with Crippen LogP contribution in [0.2, 0.25) is 0 Å². The first-order chi connectivity index (χ1) is 8.58. The van der Waals surface area contributed by atoms with Gasteiger partial charge in [0.1, 0.15) is 5.82 Å². The van der Waals surface area contributed by atoms with E-state index in [9.17, 15) is 4.79 Å². The minimum atomic E-state index is -0.0962. The summed E-state index contributed by atoms with van der Waals surface area (Å²) in [6, 6.07) is 1.77. The quantitative estimate of drug-likeness (QED) is 0.841. The van der Waals surface area contributed by atoms with Gasteiger partial charge in [-0.2, -0.15) is 11.8 Å². The number of rotatable bonds is 6. The summed E-state index contributed by atoms with van der Waals surface area (Å²) < 4.78 is 0.795. The molecular weight excluding hydrogens is 314 g/mol. The number of nitrogens with zero attached hydrogens (tertiary/aromatic N) is 1. The molecule has 0 spiro atoms. The summed E-state index contributed by atoms with van der Waals surface area (Å²) in [5, 5.41) is 5.85. The Balaban J connectivity index is 2.68. The van der Waals surface area contributed by atoms with Crippen LogP contribution in [0.25, 0.3) is 0 Å². The number of carbonyl (C=O) groups excluding carboxylic acids is 1. The van der Waals surface area contributed by atoms with Crippen molar-refractivity contribution in [1.82, 2.24) is 10.3 Å². The molecule has 1 rings (SSSR count). The van der Waals surface area contributed by atoms with Gasteiger partial charge in [-0.25, -0.2) is 4.98 Å². The number of pyridine rings is 1. The molecule has 0 aliphatic carbocycles. The number of nitrogens with one attached hydrogen (secondary N) is 2. The molecule has 2 N–H and O–H groups in total. The number of amides is 1. The molecule has 6 heteroatoms. The number of hydrogen-bond acceptors (Lipinski definition) is 4. The van der Waals surface area contributed by atoms with E-state index in [0.29, 0.717) is 23.8 Å². The van der Waals surface area contributed by atoms with Crippen LogP contribution in [-0.2, 0) is 0 Å². The molecule has 4 nitrogen and oxygen atoms in total. The van der Waals surface area contributed by atoms with Gasteiger partial charge in [-0.05, 0) is 39.9 Å². The van der Waals surface area contributed by atoms with Crippen LogP contribution < -0.4 is 10.6 Å². The Labute approximate surface area is 120 Å². The van der Waals surface area contributed by atoms with Crippen LogP contribution in [0.15, 0.2) is 16.7 Å². The van der Waals surface area contributed by atoms with E-state index in [2.05, 4.69) is 44.7 Å². The normalized spacial score (nSPS) is 12.0. The van der Waals surface area contributed by atoms with Gasteiger partial charge in [0.15, 0.2) is 0 Å². The SMILES string of the molecule is CNc1ncc(Br)cc1C(=O)NCC(C)CSC. The summed E-state index contributed by atoms with van der Waals surface area (Å²) in [6.07, 6.45) is 3.73. The summed E-state index contributed by atoms with van der Waals surface area (Å²) >= 11 is 5.11. The van der Waals surface area contributed by atoms with Crippen LogP contribution in [-0.4, -0.2) is 36.5 Å². The first kappa shape index (κ1) is 15.3. The van der Waals surface area contributed by atoms with Crippen LogP contribution in [0.1, 0.15) is 17.3 Å². The predicted molar refractivity (Wildman–Crippen MR) is 81.4 cm³/mol. The smallest absolute Gasteiger partial charge is 0.255 e. The van der Waals surface area contributed by atoms with Crippen molar-refractivity contribution in [1.29, 1.82) is 0 Å². The third kappa shape index (κ3) is 4.49. The third-order valence-electron chi connectivity index (χ3n) is 2.40. The molecule has 100 valence electrons. The van der Waals surface area contributed by atoms with E-state index >= 15 is 0 Å². The molecule has 0 saturated carbocycles. The van der Waals surface area contributed by atoms with Gasteiger partial charge in [0.2, 0.25) is 0 Å². The first-order valence-electron chi connectivity index (χ1n) is 5.69. The number of anilines is 1. The zero-order valence-electron chi connectivity index (χ0n) is 10.8. The number of thioether (sulfide) groups is 1. The second-order valence-electron chi connectivity index (χ2n) is 4.07. The van der Waals surface area contributed by atoms with E-state index in [-0.39, 0.29) is 5.91 Å². The summed E-state index contributed by atoms with van der Waals surface area (Å²) in [5.41, 5.74) is 0.559. The van der Waals surface area contributed by atoms with Crippen LogP contribution in [0.5, 0.6) is 0 Å². The number of aromatic nitrogens is 1. The molecule has 1 aromatic heterocycles. The molecule has 0 bridgehead atoms. The zero-order chi connectivity index (χ0) is 13.5. The Morgan fingerprint density at radius 1 is 1.61 bits per heavy atom. The summed E-state index contributed by atoms with van der Waals surface area (Å²) in [7, 11) is 1.75. The average molecular weight is 332 g/mol. The Kier molecular flexibility index (Phi) is 6.49. The minimum Gasteiger partial charge on any atom is -0.372 e. The molecule has 1 atom stereocenters. The fourth-order valence-electron chi connectivity index (χ4n) is 1.52. The molecule has 1 amide bonds. The summed E-state index contributed by atoms with van der Waals surface area (Å²) in [6.45, 7) is 2.80. The molecule has 0 radical (unpaired) electrons. The fraction of sp³-hybridized carbons (Fsp3) is 0.500. The van der Waals surface area contributed by atoms with Crippen molar-refractivity contribution in [3.05, 3.63) is 22.3 Å². The van der Waals surface area contributed by atoms with Gasteiger partial charge in [-0.15, -0.1) is 0 Å². The number of carbonyl (C=O) groups is 1. The van der Waals surface area contributed by atoms with E-state index in [4.69, 9.17) is 0 Å². The highest BCUT2D eigenvalue weighted by Gasteiger charge is 2.13. The largest absolute Gasteiger partial charge is 0.372 e. The summed E-state index contributed by atoms with van der Waals surface area (Å²) in [4.78, 5) is 16.2. The van der Waals surface area contributed by atoms with Crippen molar-refractivity contribution in [3.8, 4) is 0 Å². The van der Waals surface area contributed by atoms with Crippen LogP contribution in [0, 0.1) is 5.92 Å². The highest BCUT2D eigenvalue weighted by Crippen LogP contribution is 2.17. The van der Waals surface area contributed by atoms with Crippen molar-refractivity contribution in [2.45, 2.75) is 6.92 Å². The van der Waals surface area contributed by atoms with Crippen molar-refractivity contribution in [3.63, 3.8) is 0 Å². The van der Waals surface area contributed by atoms with Crippen molar-refractivity contribution < 1.29 is 4.79 Å². The number of hydrogen-bond donors (Lipinski definition) is 2. The van der Waals surface area contributed by atoms with Gasteiger partial charge in [-0.3, -0.25) is 4.79 Å². The van der Waals surface area contributed by atoms with E-state index in [0.717, 1.165) is 10.2 Å². The lowest BCUT2D eigenvalue weighted by Gasteiger charge is -2.13. The second-order valence-corrected chi connectivity index (χ2v) is 5.90. The second kappa shape index (κ2) is 7.63. The molecule has 0 aliphatic rings. The van der Waals surface area contributed by atoms with E-state index in [1.165, 1.54) is 0 Å². The average Bonchev–Trinajstić information content (AvgIpc) is 2.36. The standard InChI is InChI=1S/C12H18BrN3OS/c1-8(7-18-3)5-16-12(17)10-4-9(13)6-15-11(10)14-2/h4,6,8H,5,7H2,1-3H3,(H,14,15)(H,16,17). The fourth-order valence-corrected chi connectivity index (χ4v) is 2.54. The van der Waals surface area contributed by atoms with Crippen LogP contribution in [0.3, 0.4) is 0 Å². The summed E-state index contributed by atoms with van der Waals surface area (Å²) in [5.74, 6) is 1.99. The van der Waals surface area contributed by atoms with Gasteiger partial charge in [0, 0.05) is 24.3 Å². The van der Waals surface area contributed by atoms with Crippen molar-refractivity contribution >= 4 is 39.4 Å². The lowest BCUT2D eigenvalue weighted by Crippen LogP contribution is -2.29. The molecule has 0 saturated heterocycles. The van der Waals surface area contributed by atoms with Gasteiger partial charge >= 0.3 is 0 Å².